The maximum atomic E-state index is 11.0. The Labute approximate surface area is 123 Å². The molecule has 0 aliphatic carbocycles. The molecule has 0 amide bonds. The molecular formula is C11H8Cl2N4O3. The number of nitrogens with two attached hydrogens (primary N) is 1. The van der Waals surface area contributed by atoms with E-state index in [0.717, 1.165) is 6.07 Å². The fourth-order valence-electron chi connectivity index (χ4n) is 1.47. The van der Waals surface area contributed by atoms with Crippen LogP contribution in [0.4, 0.5) is 11.6 Å². The lowest BCUT2D eigenvalue weighted by molar-refractivity contribution is -0.385. The van der Waals surface area contributed by atoms with Gasteiger partial charge in [0.15, 0.2) is 0 Å². The topological polar surface area (TPSA) is 104 Å². The fourth-order valence-corrected chi connectivity index (χ4v) is 1.78. The van der Waals surface area contributed by atoms with Gasteiger partial charge in [0, 0.05) is 23.9 Å². The third kappa shape index (κ3) is 3.06. The Kier molecular flexibility index (Phi) is 3.91. The number of hydrogen-bond acceptors (Lipinski definition) is 6. The van der Waals surface area contributed by atoms with Crippen molar-refractivity contribution in [2.24, 2.45) is 0 Å². The molecule has 0 saturated heterocycles. The molecule has 0 saturated carbocycles. The smallest absolute Gasteiger partial charge is 0.313 e. The maximum absolute atomic E-state index is 11.0. The van der Waals surface area contributed by atoms with Crippen LogP contribution in [0.25, 0.3) is 0 Å². The number of rotatable bonds is 3. The second-order valence-corrected chi connectivity index (χ2v) is 4.61. The van der Waals surface area contributed by atoms with Crippen molar-refractivity contribution in [3.8, 4) is 11.6 Å². The van der Waals surface area contributed by atoms with E-state index < -0.39 is 4.92 Å². The first kappa shape index (κ1) is 14.3. The van der Waals surface area contributed by atoms with Crippen molar-refractivity contribution in [3.63, 3.8) is 0 Å². The molecular weight excluding hydrogens is 307 g/mol. The summed E-state index contributed by atoms with van der Waals surface area (Å²) in [6.45, 7) is 1.69. The highest BCUT2D eigenvalue weighted by Crippen LogP contribution is 2.37. The van der Waals surface area contributed by atoms with Gasteiger partial charge in [0.25, 0.3) is 0 Å². The van der Waals surface area contributed by atoms with Crippen LogP contribution in [0.1, 0.15) is 5.69 Å². The fraction of sp³-hybridized carbons (Fsp3) is 0.0909. The molecule has 0 aliphatic rings. The van der Waals surface area contributed by atoms with Gasteiger partial charge < -0.3 is 10.5 Å². The van der Waals surface area contributed by atoms with E-state index in [-0.39, 0.29) is 33.3 Å². The number of halogens is 2. The van der Waals surface area contributed by atoms with E-state index in [1.54, 1.807) is 6.92 Å². The van der Waals surface area contributed by atoms with Gasteiger partial charge in [-0.05, 0) is 6.92 Å². The molecule has 0 radical (unpaired) electrons. The van der Waals surface area contributed by atoms with Gasteiger partial charge in [0.05, 0.1) is 15.0 Å². The maximum Gasteiger partial charge on any atom is 0.313 e. The van der Waals surface area contributed by atoms with E-state index >= 15 is 0 Å². The van der Waals surface area contributed by atoms with Crippen LogP contribution in [-0.4, -0.2) is 14.9 Å². The van der Waals surface area contributed by atoms with Crippen LogP contribution in [0.5, 0.6) is 11.6 Å². The molecule has 20 heavy (non-hydrogen) atoms. The van der Waals surface area contributed by atoms with Gasteiger partial charge in [0.2, 0.25) is 17.6 Å². The van der Waals surface area contributed by atoms with E-state index in [2.05, 4.69) is 9.97 Å². The number of hydrogen-bond donors (Lipinski definition) is 1. The number of nitro benzene ring substituents is 1. The van der Waals surface area contributed by atoms with Gasteiger partial charge in [-0.3, -0.25) is 10.1 Å². The number of anilines is 1. The summed E-state index contributed by atoms with van der Waals surface area (Å²) < 4.78 is 5.35. The predicted molar refractivity (Wildman–Crippen MR) is 74.4 cm³/mol. The monoisotopic (exact) mass is 314 g/mol. The Morgan fingerprint density at radius 2 is 1.90 bits per heavy atom. The molecule has 9 heteroatoms. The highest BCUT2D eigenvalue weighted by atomic mass is 35.5. The Hall–Kier alpha value is -2.12. The highest BCUT2D eigenvalue weighted by molar-refractivity contribution is 6.42. The van der Waals surface area contributed by atoms with Crippen LogP contribution in [0.3, 0.4) is 0 Å². The van der Waals surface area contributed by atoms with Crippen LogP contribution >= 0.6 is 23.2 Å². The lowest BCUT2D eigenvalue weighted by Crippen LogP contribution is -2.00. The van der Waals surface area contributed by atoms with Crippen molar-refractivity contribution < 1.29 is 9.66 Å². The first-order chi connectivity index (χ1) is 9.36. The number of aromatic nitrogens is 2. The first-order valence-corrected chi connectivity index (χ1v) is 6.05. The molecule has 1 aromatic carbocycles. The molecule has 0 spiro atoms. The number of nitrogens with zero attached hydrogens (tertiary/aromatic N) is 3. The zero-order chi connectivity index (χ0) is 14.9. The molecule has 1 aromatic heterocycles. The van der Waals surface area contributed by atoms with E-state index in [9.17, 15) is 10.1 Å². The molecule has 0 fully saturated rings. The zero-order valence-electron chi connectivity index (χ0n) is 10.1. The van der Waals surface area contributed by atoms with Crippen LogP contribution in [0.15, 0.2) is 18.2 Å². The highest BCUT2D eigenvalue weighted by Gasteiger charge is 2.19. The molecule has 0 bridgehead atoms. The van der Waals surface area contributed by atoms with Crippen molar-refractivity contribution in [1.82, 2.24) is 9.97 Å². The predicted octanol–water partition coefficient (Wildman–Crippen LogP) is 3.37. The standard InChI is InChI=1S/C11H8Cl2N4O3/c1-5-2-10(16-11(14)15-5)20-9-4-7(13)6(12)3-8(9)17(18)19/h2-4H,1H3,(H2,14,15,16). The lowest BCUT2D eigenvalue weighted by atomic mass is 10.3. The molecule has 2 aromatic rings. The van der Waals surface area contributed by atoms with Crippen LogP contribution < -0.4 is 10.5 Å². The second-order valence-electron chi connectivity index (χ2n) is 3.80. The van der Waals surface area contributed by atoms with Crippen molar-refractivity contribution in [2.45, 2.75) is 6.92 Å². The number of aryl methyl sites for hydroxylation is 1. The average Bonchev–Trinajstić information content (AvgIpc) is 2.31. The molecule has 7 nitrogen and oxygen atoms in total. The Morgan fingerprint density at radius 1 is 1.25 bits per heavy atom. The SMILES string of the molecule is Cc1cc(Oc2cc(Cl)c(Cl)cc2[N+](=O)[O-])nc(N)n1. The normalized spacial score (nSPS) is 10.3. The summed E-state index contributed by atoms with van der Waals surface area (Å²) in [6.07, 6.45) is 0. The Balaban J connectivity index is 2.47. The molecule has 0 unspecified atom stereocenters. The van der Waals surface area contributed by atoms with E-state index in [4.69, 9.17) is 33.7 Å². The Morgan fingerprint density at radius 3 is 2.50 bits per heavy atom. The van der Waals surface area contributed by atoms with Crippen molar-refractivity contribution in [3.05, 3.63) is 44.1 Å². The van der Waals surface area contributed by atoms with Crippen molar-refractivity contribution >= 4 is 34.8 Å². The zero-order valence-corrected chi connectivity index (χ0v) is 11.6. The van der Waals surface area contributed by atoms with E-state index in [0.29, 0.717) is 5.69 Å². The minimum absolute atomic E-state index is 0.00251. The average molecular weight is 315 g/mol. The molecule has 0 atom stereocenters. The van der Waals surface area contributed by atoms with E-state index in [1.807, 2.05) is 0 Å². The van der Waals surface area contributed by atoms with Gasteiger partial charge >= 0.3 is 5.69 Å². The number of ether oxygens (including phenoxy) is 1. The minimum atomic E-state index is -0.630. The van der Waals surface area contributed by atoms with Crippen molar-refractivity contribution in [1.29, 1.82) is 0 Å². The summed E-state index contributed by atoms with van der Waals surface area (Å²) in [5, 5.41) is 11.2. The summed E-state index contributed by atoms with van der Waals surface area (Å²) in [7, 11) is 0. The molecule has 2 N–H and O–H groups in total. The summed E-state index contributed by atoms with van der Waals surface area (Å²) in [4.78, 5) is 18.0. The molecule has 2 rings (SSSR count). The third-order valence-corrected chi connectivity index (χ3v) is 2.98. The lowest BCUT2D eigenvalue weighted by Gasteiger charge is -2.07. The third-order valence-electron chi connectivity index (χ3n) is 2.26. The van der Waals surface area contributed by atoms with Gasteiger partial charge in [-0.2, -0.15) is 4.98 Å². The van der Waals surface area contributed by atoms with Gasteiger partial charge in [-0.15, -0.1) is 0 Å². The number of nitro groups is 1. The van der Waals surface area contributed by atoms with Gasteiger partial charge in [0.1, 0.15) is 0 Å². The van der Waals surface area contributed by atoms with Gasteiger partial charge in [-0.1, -0.05) is 23.2 Å². The summed E-state index contributed by atoms with van der Waals surface area (Å²) >= 11 is 11.6. The van der Waals surface area contributed by atoms with Crippen LogP contribution in [0.2, 0.25) is 10.0 Å². The van der Waals surface area contributed by atoms with Gasteiger partial charge in [-0.25, -0.2) is 4.98 Å². The first-order valence-electron chi connectivity index (χ1n) is 5.29. The molecule has 0 aliphatic heterocycles. The molecule has 104 valence electrons. The molecule has 1 heterocycles. The minimum Gasteiger partial charge on any atom is -0.432 e. The quantitative estimate of drug-likeness (QED) is 0.688. The van der Waals surface area contributed by atoms with Crippen LogP contribution in [0, 0.1) is 17.0 Å². The van der Waals surface area contributed by atoms with Crippen molar-refractivity contribution in [2.75, 3.05) is 5.73 Å². The summed E-state index contributed by atoms with van der Waals surface area (Å²) in [6, 6.07) is 3.84. The largest absolute Gasteiger partial charge is 0.432 e. The Bertz CT molecular complexity index is 673. The number of nitrogen functional groups attached to an aromatic ring is 1. The van der Waals surface area contributed by atoms with Crippen LogP contribution in [-0.2, 0) is 0 Å². The second kappa shape index (κ2) is 5.48. The number of benzene rings is 1. The summed E-state index contributed by atoms with van der Waals surface area (Å²) in [5.41, 5.74) is 5.72. The van der Waals surface area contributed by atoms with E-state index in [1.165, 1.54) is 12.1 Å². The summed E-state index contributed by atoms with van der Waals surface area (Å²) in [5.74, 6) is 0.00102.